The van der Waals surface area contributed by atoms with E-state index in [0.717, 1.165) is 19.3 Å². The third-order valence-corrected chi connectivity index (χ3v) is 8.20. The van der Waals surface area contributed by atoms with Crippen molar-refractivity contribution in [2.45, 2.75) is 49.3 Å². The quantitative estimate of drug-likeness (QED) is 0.603. The summed E-state index contributed by atoms with van der Waals surface area (Å²) in [6, 6.07) is 11.5. The number of fused-ring (bicyclic) bond motifs is 1. The summed E-state index contributed by atoms with van der Waals surface area (Å²) in [6.45, 7) is 0.842. The van der Waals surface area contributed by atoms with Gasteiger partial charge in [0.25, 0.3) is 5.89 Å². The van der Waals surface area contributed by atoms with Gasteiger partial charge in [0.05, 0.1) is 4.90 Å². The molecule has 0 N–H and O–H groups in total. The van der Waals surface area contributed by atoms with Gasteiger partial charge in [-0.05, 0) is 86.1 Å². The predicted octanol–water partition coefficient (Wildman–Crippen LogP) is 4.32. The van der Waals surface area contributed by atoms with E-state index in [1.165, 1.54) is 29.7 Å². The first kappa shape index (κ1) is 20.3. The van der Waals surface area contributed by atoms with Gasteiger partial charge in [-0.2, -0.15) is 9.29 Å². The highest BCUT2D eigenvalue weighted by Crippen LogP contribution is 2.32. The Balaban J connectivity index is 1.27. The van der Waals surface area contributed by atoms with Crippen LogP contribution in [0.5, 0.6) is 0 Å². The molecule has 162 valence electrons. The molecule has 0 bridgehead atoms. The van der Waals surface area contributed by atoms with Crippen LogP contribution in [0.2, 0.25) is 0 Å². The van der Waals surface area contributed by atoms with Gasteiger partial charge in [-0.25, -0.2) is 12.8 Å². The molecule has 0 atom stereocenters. The molecular formula is C23H24FN3O3S. The third-order valence-electron chi connectivity index (χ3n) is 6.31. The molecule has 2 heterocycles. The fourth-order valence-electron chi connectivity index (χ4n) is 4.48. The molecule has 5 rings (SSSR count). The number of hydrogen-bond donors (Lipinski definition) is 0. The maximum Gasteiger partial charge on any atom is 0.257 e. The van der Waals surface area contributed by atoms with Gasteiger partial charge in [0.1, 0.15) is 5.82 Å². The SMILES string of the molecule is O=S(=O)(c1ccc2c(c1)CCCC2)N1CCC(c2noc(-c3ccc(F)cc3)n2)CC1. The Labute approximate surface area is 181 Å². The Bertz CT molecular complexity index is 1180. The zero-order chi connectivity index (χ0) is 21.4. The molecule has 0 radical (unpaired) electrons. The lowest BCUT2D eigenvalue weighted by molar-refractivity contribution is 0.307. The van der Waals surface area contributed by atoms with Crippen LogP contribution in [0.1, 0.15) is 48.6 Å². The van der Waals surface area contributed by atoms with Gasteiger partial charge in [-0.1, -0.05) is 11.2 Å². The van der Waals surface area contributed by atoms with Crippen molar-refractivity contribution in [2.75, 3.05) is 13.1 Å². The monoisotopic (exact) mass is 441 g/mol. The molecule has 31 heavy (non-hydrogen) atoms. The summed E-state index contributed by atoms with van der Waals surface area (Å²) in [5.41, 5.74) is 3.10. The lowest BCUT2D eigenvalue weighted by Crippen LogP contribution is -2.38. The fourth-order valence-corrected chi connectivity index (χ4v) is 6.00. The molecule has 0 unspecified atom stereocenters. The summed E-state index contributed by atoms with van der Waals surface area (Å²) >= 11 is 0. The second kappa shape index (κ2) is 8.16. The molecule has 0 amide bonds. The maximum atomic E-state index is 13.2. The van der Waals surface area contributed by atoms with Crippen LogP contribution in [0, 0.1) is 5.82 Å². The van der Waals surface area contributed by atoms with E-state index in [9.17, 15) is 12.8 Å². The average molecular weight is 442 g/mol. The average Bonchev–Trinajstić information content (AvgIpc) is 3.29. The molecule has 1 aromatic heterocycles. The van der Waals surface area contributed by atoms with Crippen LogP contribution in [0.25, 0.3) is 11.5 Å². The van der Waals surface area contributed by atoms with Crippen molar-refractivity contribution >= 4 is 10.0 Å². The van der Waals surface area contributed by atoms with E-state index in [2.05, 4.69) is 10.1 Å². The second-order valence-electron chi connectivity index (χ2n) is 8.28. The van der Waals surface area contributed by atoms with Gasteiger partial charge in [0.15, 0.2) is 5.82 Å². The molecule has 0 saturated carbocycles. The van der Waals surface area contributed by atoms with Crippen LogP contribution < -0.4 is 0 Å². The Morgan fingerprint density at radius 3 is 2.42 bits per heavy atom. The Morgan fingerprint density at radius 1 is 0.968 bits per heavy atom. The minimum atomic E-state index is -3.51. The highest BCUT2D eigenvalue weighted by atomic mass is 32.2. The number of nitrogens with zero attached hydrogens (tertiary/aromatic N) is 3. The Kier molecular flexibility index (Phi) is 5.35. The standard InChI is InChI=1S/C23H24FN3O3S/c24-20-8-5-18(6-9-20)23-25-22(26-30-23)17-11-13-27(14-12-17)31(28,29)21-10-7-16-3-1-2-4-19(16)15-21/h5-10,15,17H,1-4,11-14H2. The highest BCUT2D eigenvalue weighted by Gasteiger charge is 2.32. The Morgan fingerprint density at radius 2 is 1.68 bits per heavy atom. The predicted molar refractivity (Wildman–Crippen MR) is 114 cm³/mol. The lowest BCUT2D eigenvalue weighted by atomic mass is 9.92. The van der Waals surface area contributed by atoms with Crippen LogP contribution in [0.3, 0.4) is 0 Å². The van der Waals surface area contributed by atoms with E-state index < -0.39 is 10.0 Å². The van der Waals surface area contributed by atoms with Crippen molar-refractivity contribution in [3.8, 4) is 11.5 Å². The molecule has 8 heteroatoms. The zero-order valence-corrected chi connectivity index (χ0v) is 17.9. The third kappa shape index (κ3) is 4.02. The summed E-state index contributed by atoms with van der Waals surface area (Å²) in [4.78, 5) is 4.85. The summed E-state index contributed by atoms with van der Waals surface area (Å²) < 4.78 is 46.4. The summed E-state index contributed by atoms with van der Waals surface area (Å²) in [6.07, 6.45) is 5.54. The summed E-state index contributed by atoms with van der Waals surface area (Å²) in [7, 11) is -3.51. The molecule has 1 saturated heterocycles. The fraction of sp³-hybridized carbons (Fsp3) is 0.391. The van der Waals surface area contributed by atoms with Crippen molar-refractivity contribution < 1.29 is 17.3 Å². The normalized spacial score (nSPS) is 18.1. The smallest absolute Gasteiger partial charge is 0.257 e. The van der Waals surface area contributed by atoms with Crippen molar-refractivity contribution in [2.24, 2.45) is 0 Å². The molecule has 3 aromatic rings. The number of aromatic nitrogens is 2. The molecule has 6 nitrogen and oxygen atoms in total. The molecule has 1 aliphatic heterocycles. The van der Waals surface area contributed by atoms with E-state index >= 15 is 0 Å². The molecule has 1 aliphatic carbocycles. The first-order valence-electron chi connectivity index (χ1n) is 10.7. The van der Waals surface area contributed by atoms with Crippen LogP contribution in [0.4, 0.5) is 4.39 Å². The van der Waals surface area contributed by atoms with E-state index in [1.807, 2.05) is 12.1 Å². The van der Waals surface area contributed by atoms with E-state index in [4.69, 9.17) is 4.52 Å². The van der Waals surface area contributed by atoms with Gasteiger partial charge in [-0.3, -0.25) is 0 Å². The van der Waals surface area contributed by atoms with Crippen LogP contribution in [-0.4, -0.2) is 36.0 Å². The van der Waals surface area contributed by atoms with Crippen LogP contribution in [0.15, 0.2) is 51.9 Å². The number of piperidine rings is 1. The maximum absolute atomic E-state index is 13.2. The molecular weight excluding hydrogens is 417 g/mol. The summed E-state index contributed by atoms with van der Waals surface area (Å²) in [5, 5.41) is 4.08. The largest absolute Gasteiger partial charge is 0.334 e. The van der Waals surface area contributed by atoms with E-state index in [0.29, 0.717) is 48.1 Å². The summed E-state index contributed by atoms with van der Waals surface area (Å²) in [5.74, 6) is 0.633. The number of halogens is 1. The minimum Gasteiger partial charge on any atom is -0.334 e. The first-order chi connectivity index (χ1) is 15.0. The zero-order valence-electron chi connectivity index (χ0n) is 17.1. The van der Waals surface area contributed by atoms with Crippen molar-refractivity contribution in [3.05, 3.63) is 65.2 Å². The van der Waals surface area contributed by atoms with Crippen LogP contribution >= 0.6 is 0 Å². The highest BCUT2D eigenvalue weighted by molar-refractivity contribution is 7.89. The number of benzene rings is 2. The Hall–Kier alpha value is -2.58. The number of aryl methyl sites for hydroxylation is 2. The van der Waals surface area contributed by atoms with Gasteiger partial charge in [-0.15, -0.1) is 0 Å². The topological polar surface area (TPSA) is 76.3 Å². The van der Waals surface area contributed by atoms with Crippen LogP contribution in [-0.2, 0) is 22.9 Å². The molecule has 2 aromatic carbocycles. The molecule has 1 fully saturated rings. The number of rotatable bonds is 4. The molecule has 0 spiro atoms. The van der Waals surface area contributed by atoms with E-state index in [-0.39, 0.29) is 11.7 Å². The number of sulfonamides is 1. The van der Waals surface area contributed by atoms with Gasteiger partial charge in [0.2, 0.25) is 10.0 Å². The lowest BCUT2D eigenvalue weighted by Gasteiger charge is -2.30. The number of hydrogen-bond acceptors (Lipinski definition) is 5. The van der Waals surface area contributed by atoms with Crippen molar-refractivity contribution in [1.82, 2.24) is 14.4 Å². The molecule has 2 aliphatic rings. The van der Waals surface area contributed by atoms with Crippen molar-refractivity contribution in [3.63, 3.8) is 0 Å². The minimum absolute atomic E-state index is 0.0351. The van der Waals surface area contributed by atoms with Gasteiger partial charge < -0.3 is 4.52 Å². The first-order valence-corrected chi connectivity index (χ1v) is 12.2. The van der Waals surface area contributed by atoms with Gasteiger partial charge >= 0.3 is 0 Å². The second-order valence-corrected chi connectivity index (χ2v) is 10.2. The van der Waals surface area contributed by atoms with Gasteiger partial charge in [0, 0.05) is 24.6 Å². The van der Waals surface area contributed by atoms with Crippen molar-refractivity contribution in [1.29, 1.82) is 0 Å². The van der Waals surface area contributed by atoms with E-state index in [1.54, 1.807) is 22.5 Å².